The molecule has 0 radical (unpaired) electrons. The Hall–Kier alpha value is -2.42. The monoisotopic (exact) mass is 317 g/mol. The molecule has 0 saturated carbocycles. The Labute approximate surface area is 143 Å². The molecule has 2 heterocycles. The van der Waals surface area contributed by atoms with E-state index in [9.17, 15) is 0 Å². The van der Waals surface area contributed by atoms with Gasteiger partial charge in [0.1, 0.15) is 11.6 Å². The van der Waals surface area contributed by atoms with Gasteiger partial charge in [0.15, 0.2) is 0 Å². The molecule has 2 aromatic carbocycles. The first kappa shape index (κ1) is 15.1. The molecule has 3 aromatic rings. The summed E-state index contributed by atoms with van der Waals surface area (Å²) in [4.78, 5) is 12.3. The number of benzene rings is 2. The third kappa shape index (κ3) is 2.64. The molecule has 1 saturated heterocycles. The highest BCUT2D eigenvalue weighted by Crippen LogP contribution is 2.31. The molecule has 122 valence electrons. The van der Waals surface area contributed by atoms with Crippen LogP contribution < -0.4 is 4.90 Å². The second-order valence-corrected chi connectivity index (χ2v) is 6.69. The molecule has 3 heteroatoms. The minimum Gasteiger partial charge on any atom is -0.356 e. The Kier molecular flexibility index (Phi) is 3.93. The average Bonchev–Trinajstić information content (AvgIpc) is 3.15. The Bertz CT molecular complexity index is 866. The summed E-state index contributed by atoms with van der Waals surface area (Å²) >= 11 is 0. The van der Waals surface area contributed by atoms with Gasteiger partial charge >= 0.3 is 0 Å². The Morgan fingerprint density at radius 1 is 0.917 bits per heavy atom. The molecule has 1 unspecified atom stereocenters. The second kappa shape index (κ2) is 6.23. The van der Waals surface area contributed by atoms with Gasteiger partial charge in [-0.15, -0.1) is 0 Å². The zero-order chi connectivity index (χ0) is 16.5. The van der Waals surface area contributed by atoms with Crippen LogP contribution in [0.1, 0.15) is 42.6 Å². The molecule has 0 aliphatic carbocycles. The van der Waals surface area contributed by atoms with Gasteiger partial charge < -0.3 is 4.90 Å². The molecule has 1 fully saturated rings. The summed E-state index contributed by atoms with van der Waals surface area (Å²) in [6.07, 6.45) is 2.50. The van der Waals surface area contributed by atoms with Crippen molar-refractivity contribution < 1.29 is 0 Å². The summed E-state index contributed by atoms with van der Waals surface area (Å²) in [5.74, 6) is 2.22. The summed E-state index contributed by atoms with van der Waals surface area (Å²) in [6.45, 7) is 6.56. The summed E-state index contributed by atoms with van der Waals surface area (Å²) in [5.41, 5.74) is 3.65. The molecule has 0 spiro atoms. The number of fused-ring (bicyclic) bond motifs is 1. The van der Waals surface area contributed by atoms with Crippen LogP contribution >= 0.6 is 0 Å². The minimum absolute atomic E-state index is 0.192. The Morgan fingerprint density at radius 3 is 2.42 bits per heavy atom. The second-order valence-electron chi connectivity index (χ2n) is 6.69. The predicted octanol–water partition coefficient (Wildman–Crippen LogP) is 4.69. The topological polar surface area (TPSA) is 29.0 Å². The van der Waals surface area contributed by atoms with Crippen LogP contribution in [-0.4, -0.2) is 23.1 Å². The number of rotatable bonds is 3. The molecule has 0 amide bonds. The zero-order valence-corrected chi connectivity index (χ0v) is 14.4. The van der Waals surface area contributed by atoms with Gasteiger partial charge in [-0.3, -0.25) is 0 Å². The molecule has 3 nitrogen and oxygen atoms in total. The van der Waals surface area contributed by atoms with E-state index in [0.717, 1.165) is 30.2 Å². The average molecular weight is 317 g/mol. The van der Waals surface area contributed by atoms with Crippen molar-refractivity contribution in [2.75, 3.05) is 18.0 Å². The maximum atomic E-state index is 5.02. The highest BCUT2D eigenvalue weighted by atomic mass is 15.2. The van der Waals surface area contributed by atoms with Crippen LogP contribution in [0, 0.1) is 6.92 Å². The SMILES string of the molecule is Cc1ccccc1C(C)c1nc(N2CCCC2)c2ccccc2n1. The molecular weight excluding hydrogens is 294 g/mol. The van der Waals surface area contributed by atoms with Gasteiger partial charge in [0, 0.05) is 24.4 Å². The fourth-order valence-corrected chi connectivity index (χ4v) is 3.65. The van der Waals surface area contributed by atoms with Gasteiger partial charge in [0.25, 0.3) is 0 Å². The van der Waals surface area contributed by atoms with Crippen molar-refractivity contribution in [2.24, 2.45) is 0 Å². The highest BCUT2D eigenvalue weighted by molar-refractivity contribution is 5.89. The number of hydrogen-bond acceptors (Lipinski definition) is 3. The van der Waals surface area contributed by atoms with Crippen molar-refractivity contribution in [2.45, 2.75) is 32.6 Å². The summed E-state index contributed by atoms with van der Waals surface area (Å²) in [7, 11) is 0. The van der Waals surface area contributed by atoms with Crippen LogP contribution in [0.5, 0.6) is 0 Å². The lowest BCUT2D eigenvalue weighted by Crippen LogP contribution is -2.21. The lowest BCUT2D eigenvalue weighted by atomic mass is 9.95. The van der Waals surface area contributed by atoms with E-state index in [2.05, 4.69) is 67.3 Å². The van der Waals surface area contributed by atoms with Gasteiger partial charge in [0.2, 0.25) is 0 Å². The Morgan fingerprint density at radius 2 is 1.62 bits per heavy atom. The molecule has 1 aliphatic heterocycles. The van der Waals surface area contributed by atoms with Gasteiger partial charge in [-0.2, -0.15) is 0 Å². The van der Waals surface area contributed by atoms with E-state index < -0.39 is 0 Å². The maximum absolute atomic E-state index is 5.02. The first-order chi connectivity index (χ1) is 11.7. The van der Waals surface area contributed by atoms with E-state index in [1.807, 2.05) is 0 Å². The number of para-hydroxylation sites is 1. The van der Waals surface area contributed by atoms with E-state index in [1.54, 1.807) is 0 Å². The molecule has 24 heavy (non-hydrogen) atoms. The number of anilines is 1. The van der Waals surface area contributed by atoms with Gasteiger partial charge in [-0.1, -0.05) is 43.3 Å². The van der Waals surface area contributed by atoms with E-state index in [-0.39, 0.29) is 5.92 Å². The number of aryl methyl sites for hydroxylation is 1. The fourth-order valence-electron chi connectivity index (χ4n) is 3.65. The standard InChI is InChI=1S/C21H23N3/c1-15-9-3-4-10-17(15)16(2)20-22-19-12-6-5-11-18(19)21(23-20)24-13-7-8-14-24/h3-6,9-12,16H,7-8,13-14H2,1-2H3. The Balaban J connectivity index is 1.85. The summed E-state index contributed by atoms with van der Waals surface area (Å²) < 4.78 is 0. The molecule has 1 aliphatic rings. The number of nitrogens with zero attached hydrogens (tertiary/aromatic N) is 3. The third-order valence-electron chi connectivity index (χ3n) is 5.05. The van der Waals surface area contributed by atoms with Crippen LogP contribution in [0.2, 0.25) is 0 Å². The number of hydrogen-bond donors (Lipinski definition) is 0. The first-order valence-corrected chi connectivity index (χ1v) is 8.81. The predicted molar refractivity (Wildman–Crippen MR) is 99.7 cm³/mol. The van der Waals surface area contributed by atoms with Crippen molar-refractivity contribution in [1.29, 1.82) is 0 Å². The molecule has 0 N–H and O–H groups in total. The molecule has 0 bridgehead atoms. The van der Waals surface area contributed by atoms with Gasteiger partial charge in [0.05, 0.1) is 5.52 Å². The molecule has 1 aromatic heterocycles. The lowest BCUT2D eigenvalue weighted by Gasteiger charge is -2.21. The summed E-state index contributed by atoms with van der Waals surface area (Å²) in [5, 5.41) is 1.17. The van der Waals surface area contributed by atoms with Crippen LogP contribution in [0.25, 0.3) is 10.9 Å². The van der Waals surface area contributed by atoms with Gasteiger partial charge in [-0.05, 0) is 43.0 Å². The van der Waals surface area contributed by atoms with E-state index in [4.69, 9.17) is 9.97 Å². The van der Waals surface area contributed by atoms with E-state index in [0.29, 0.717) is 0 Å². The van der Waals surface area contributed by atoms with Crippen molar-refractivity contribution >= 4 is 16.7 Å². The smallest absolute Gasteiger partial charge is 0.140 e. The molecule has 4 rings (SSSR count). The first-order valence-electron chi connectivity index (χ1n) is 8.81. The van der Waals surface area contributed by atoms with Gasteiger partial charge in [-0.25, -0.2) is 9.97 Å². The fraction of sp³-hybridized carbons (Fsp3) is 0.333. The van der Waals surface area contributed by atoms with Crippen molar-refractivity contribution in [3.63, 3.8) is 0 Å². The highest BCUT2D eigenvalue weighted by Gasteiger charge is 2.21. The van der Waals surface area contributed by atoms with E-state index in [1.165, 1.54) is 29.4 Å². The quantitative estimate of drug-likeness (QED) is 0.701. The third-order valence-corrected chi connectivity index (χ3v) is 5.05. The minimum atomic E-state index is 0.192. The maximum Gasteiger partial charge on any atom is 0.140 e. The van der Waals surface area contributed by atoms with Crippen LogP contribution in [0.3, 0.4) is 0 Å². The van der Waals surface area contributed by atoms with Crippen LogP contribution in [-0.2, 0) is 0 Å². The lowest BCUT2D eigenvalue weighted by molar-refractivity contribution is 0.807. The number of aromatic nitrogens is 2. The van der Waals surface area contributed by atoms with Crippen molar-refractivity contribution in [1.82, 2.24) is 9.97 Å². The van der Waals surface area contributed by atoms with Crippen molar-refractivity contribution in [3.05, 3.63) is 65.5 Å². The summed E-state index contributed by atoms with van der Waals surface area (Å²) in [6, 6.07) is 16.9. The van der Waals surface area contributed by atoms with E-state index >= 15 is 0 Å². The normalized spacial score (nSPS) is 15.8. The molecule has 1 atom stereocenters. The molecular formula is C21H23N3. The van der Waals surface area contributed by atoms with Crippen LogP contribution in [0.15, 0.2) is 48.5 Å². The van der Waals surface area contributed by atoms with Crippen LogP contribution in [0.4, 0.5) is 5.82 Å². The zero-order valence-electron chi connectivity index (χ0n) is 14.4. The van der Waals surface area contributed by atoms with Crippen molar-refractivity contribution in [3.8, 4) is 0 Å². The largest absolute Gasteiger partial charge is 0.356 e.